The maximum atomic E-state index is 12.2. The number of halogens is 1. The van der Waals surface area contributed by atoms with Gasteiger partial charge in [-0.05, 0) is 42.1 Å². The van der Waals surface area contributed by atoms with E-state index in [9.17, 15) is 13.2 Å². The van der Waals surface area contributed by atoms with Crippen LogP contribution in [-0.2, 0) is 14.8 Å². The predicted octanol–water partition coefficient (Wildman–Crippen LogP) is 3.52. The van der Waals surface area contributed by atoms with Gasteiger partial charge in [0.1, 0.15) is 9.96 Å². The van der Waals surface area contributed by atoms with E-state index in [2.05, 4.69) is 15.9 Å². The van der Waals surface area contributed by atoms with Crippen LogP contribution >= 0.6 is 27.3 Å². The highest BCUT2D eigenvalue weighted by molar-refractivity contribution is 9.10. The van der Waals surface area contributed by atoms with E-state index in [1.54, 1.807) is 41.8 Å². The van der Waals surface area contributed by atoms with Crippen molar-refractivity contribution in [3.05, 3.63) is 46.3 Å². The molecular weight excluding hydrogens is 402 g/mol. The number of sulfonamides is 1. The molecule has 0 bridgehead atoms. The van der Waals surface area contributed by atoms with E-state index in [4.69, 9.17) is 4.74 Å². The average Bonchev–Trinajstić information content (AvgIpc) is 3.04. The fraction of sp³-hybridized carbons (Fsp3) is 0.267. The Morgan fingerprint density at radius 2 is 1.96 bits per heavy atom. The molecule has 0 radical (unpaired) electrons. The Morgan fingerprint density at radius 3 is 2.57 bits per heavy atom. The summed E-state index contributed by atoms with van der Waals surface area (Å²) in [6, 6.07) is 10.2. The van der Waals surface area contributed by atoms with Crippen molar-refractivity contribution in [1.82, 2.24) is 4.31 Å². The predicted molar refractivity (Wildman–Crippen MR) is 93.1 cm³/mol. The first kappa shape index (κ1) is 18.1. The molecule has 0 aliphatic carbocycles. The van der Waals surface area contributed by atoms with Crippen molar-refractivity contribution in [2.45, 2.75) is 17.1 Å². The SMILES string of the molecule is CN(CCCC(=O)Oc1ccc(Br)cc1)S(=O)(=O)c1cccs1. The first-order valence-corrected chi connectivity index (χ1v) is 9.97. The first-order valence-electron chi connectivity index (χ1n) is 6.85. The third-order valence-electron chi connectivity index (χ3n) is 3.06. The minimum absolute atomic E-state index is 0.153. The van der Waals surface area contributed by atoms with E-state index in [0.717, 1.165) is 4.47 Å². The van der Waals surface area contributed by atoms with Gasteiger partial charge in [-0.25, -0.2) is 12.7 Å². The summed E-state index contributed by atoms with van der Waals surface area (Å²) in [5.41, 5.74) is 0. The number of ether oxygens (including phenoxy) is 1. The average molecular weight is 418 g/mol. The lowest BCUT2D eigenvalue weighted by Crippen LogP contribution is -2.28. The molecule has 1 aromatic carbocycles. The zero-order chi connectivity index (χ0) is 16.9. The lowest BCUT2D eigenvalue weighted by molar-refractivity contribution is -0.134. The van der Waals surface area contributed by atoms with Crippen LogP contribution in [0.4, 0.5) is 0 Å². The van der Waals surface area contributed by atoms with Gasteiger partial charge in [0.2, 0.25) is 0 Å². The van der Waals surface area contributed by atoms with Crippen LogP contribution in [0.25, 0.3) is 0 Å². The second kappa shape index (κ2) is 8.05. The number of thiophene rings is 1. The zero-order valence-electron chi connectivity index (χ0n) is 12.4. The van der Waals surface area contributed by atoms with Crippen LogP contribution in [0.1, 0.15) is 12.8 Å². The van der Waals surface area contributed by atoms with Gasteiger partial charge >= 0.3 is 5.97 Å². The molecule has 0 atom stereocenters. The number of carbonyl (C=O) groups is 1. The quantitative estimate of drug-likeness (QED) is 0.510. The van der Waals surface area contributed by atoms with Crippen molar-refractivity contribution in [2.24, 2.45) is 0 Å². The molecule has 1 aromatic heterocycles. The van der Waals surface area contributed by atoms with Crippen LogP contribution in [-0.4, -0.2) is 32.3 Å². The van der Waals surface area contributed by atoms with Crippen molar-refractivity contribution in [2.75, 3.05) is 13.6 Å². The molecule has 5 nitrogen and oxygen atoms in total. The summed E-state index contributed by atoms with van der Waals surface area (Å²) in [6.45, 7) is 0.260. The molecular formula is C15H16BrNO4S2. The van der Waals surface area contributed by atoms with Crippen molar-refractivity contribution in [1.29, 1.82) is 0 Å². The number of benzene rings is 1. The third kappa shape index (κ3) is 5.13. The van der Waals surface area contributed by atoms with Gasteiger partial charge in [-0.1, -0.05) is 22.0 Å². The Labute approximate surface area is 148 Å². The number of carbonyl (C=O) groups excluding carboxylic acids is 1. The molecule has 0 spiro atoms. The molecule has 124 valence electrons. The van der Waals surface area contributed by atoms with Crippen molar-refractivity contribution in [3.8, 4) is 5.75 Å². The lowest BCUT2D eigenvalue weighted by Gasteiger charge is -2.15. The summed E-state index contributed by atoms with van der Waals surface area (Å²) < 4.78 is 32.1. The van der Waals surface area contributed by atoms with Crippen LogP contribution < -0.4 is 4.74 Å². The Morgan fingerprint density at radius 1 is 1.26 bits per heavy atom. The summed E-state index contributed by atoms with van der Waals surface area (Å²) in [5.74, 6) is 0.0898. The van der Waals surface area contributed by atoms with E-state index in [-0.39, 0.29) is 18.9 Å². The van der Waals surface area contributed by atoms with Crippen LogP contribution in [0.2, 0.25) is 0 Å². The number of esters is 1. The lowest BCUT2D eigenvalue weighted by atomic mass is 10.3. The standard InChI is InChI=1S/C15H16BrNO4S2/c1-17(23(19,20)15-5-3-11-22-15)10-2-4-14(18)21-13-8-6-12(16)7-9-13/h3,5-9,11H,2,4,10H2,1H3. The molecule has 23 heavy (non-hydrogen) atoms. The maximum Gasteiger partial charge on any atom is 0.311 e. The van der Waals surface area contributed by atoms with Crippen molar-refractivity contribution < 1.29 is 17.9 Å². The number of nitrogens with zero attached hydrogens (tertiary/aromatic N) is 1. The molecule has 0 aliphatic rings. The molecule has 2 aromatic rings. The zero-order valence-corrected chi connectivity index (χ0v) is 15.7. The second-order valence-electron chi connectivity index (χ2n) is 4.79. The normalized spacial score (nSPS) is 11.6. The minimum atomic E-state index is -3.46. The number of hydrogen-bond acceptors (Lipinski definition) is 5. The summed E-state index contributed by atoms with van der Waals surface area (Å²) in [6.07, 6.45) is 0.552. The number of rotatable bonds is 7. The number of hydrogen-bond donors (Lipinski definition) is 0. The second-order valence-corrected chi connectivity index (χ2v) is 8.93. The Hall–Kier alpha value is -1.22. The van der Waals surface area contributed by atoms with Crippen molar-refractivity contribution >= 4 is 43.3 Å². The van der Waals surface area contributed by atoms with Gasteiger partial charge in [0.05, 0.1) is 0 Å². The topological polar surface area (TPSA) is 63.7 Å². The fourth-order valence-electron chi connectivity index (χ4n) is 1.82. The summed E-state index contributed by atoms with van der Waals surface area (Å²) in [4.78, 5) is 11.8. The first-order chi connectivity index (χ1) is 10.9. The van der Waals surface area contributed by atoms with Gasteiger partial charge in [-0.15, -0.1) is 11.3 Å². The third-order valence-corrected chi connectivity index (χ3v) is 6.82. The van der Waals surface area contributed by atoms with Gasteiger partial charge in [0, 0.05) is 24.5 Å². The van der Waals surface area contributed by atoms with Gasteiger partial charge < -0.3 is 4.74 Å². The Bertz CT molecular complexity index is 742. The van der Waals surface area contributed by atoms with Gasteiger partial charge in [-0.3, -0.25) is 4.79 Å². The molecule has 0 amide bonds. The molecule has 2 rings (SSSR count). The highest BCUT2D eigenvalue weighted by Gasteiger charge is 2.21. The van der Waals surface area contributed by atoms with Gasteiger partial charge in [-0.2, -0.15) is 0 Å². The highest BCUT2D eigenvalue weighted by Crippen LogP contribution is 2.20. The van der Waals surface area contributed by atoms with Crippen LogP contribution in [0.3, 0.4) is 0 Å². The smallest absolute Gasteiger partial charge is 0.311 e. The molecule has 0 aliphatic heterocycles. The van der Waals surface area contributed by atoms with Gasteiger partial charge in [0.15, 0.2) is 0 Å². The largest absolute Gasteiger partial charge is 0.427 e. The molecule has 0 fully saturated rings. The molecule has 1 heterocycles. The Balaban J connectivity index is 1.80. The molecule has 0 unspecified atom stereocenters. The van der Waals surface area contributed by atoms with Crippen molar-refractivity contribution in [3.63, 3.8) is 0 Å². The van der Waals surface area contributed by atoms with Crippen LogP contribution in [0, 0.1) is 0 Å². The maximum absolute atomic E-state index is 12.2. The van der Waals surface area contributed by atoms with E-state index in [1.807, 2.05) is 0 Å². The monoisotopic (exact) mass is 417 g/mol. The van der Waals surface area contributed by atoms with E-state index < -0.39 is 10.0 Å². The molecule has 0 saturated carbocycles. The minimum Gasteiger partial charge on any atom is -0.427 e. The molecule has 0 N–H and O–H groups in total. The fourth-order valence-corrected chi connectivity index (χ4v) is 4.49. The molecule has 8 heteroatoms. The highest BCUT2D eigenvalue weighted by atomic mass is 79.9. The van der Waals surface area contributed by atoms with E-state index in [1.165, 1.54) is 22.7 Å². The summed E-state index contributed by atoms with van der Waals surface area (Å²) >= 11 is 4.48. The molecule has 0 saturated heterocycles. The van der Waals surface area contributed by atoms with E-state index in [0.29, 0.717) is 16.4 Å². The van der Waals surface area contributed by atoms with Crippen LogP contribution in [0.15, 0.2) is 50.5 Å². The Kier molecular flexibility index (Phi) is 6.34. The summed E-state index contributed by atoms with van der Waals surface area (Å²) in [5, 5.41) is 1.72. The van der Waals surface area contributed by atoms with E-state index >= 15 is 0 Å². The van der Waals surface area contributed by atoms with Gasteiger partial charge in [0.25, 0.3) is 10.0 Å². The van der Waals surface area contributed by atoms with Crippen LogP contribution in [0.5, 0.6) is 5.75 Å². The summed E-state index contributed by atoms with van der Waals surface area (Å²) in [7, 11) is -1.95.